The third-order valence-electron chi connectivity index (χ3n) is 12.9. The average molecular weight is 731 g/mol. The van der Waals surface area contributed by atoms with Crippen LogP contribution in [0.15, 0.2) is 52.9 Å². The molecule has 2 aromatic rings. The van der Waals surface area contributed by atoms with Gasteiger partial charge in [0.25, 0.3) is 5.91 Å². The number of nitrogens with zero attached hydrogens (tertiary/aromatic N) is 2. The zero-order chi connectivity index (χ0) is 36.3. The van der Waals surface area contributed by atoms with Crippen molar-refractivity contribution < 1.29 is 28.0 Å². The minimum atomic E-state index is -3.48. The van der Waals surface area contributed by atoms with Gasteiger partial charge in [0.05, 0.1) is 30.8 Å². The first-order valence-electron chi connectivity index (χ1n) is 19.1. The second kappa shape index (κ2) is 13.5. The van der Waals surface area contributed by atoms with Crippen molar-refractivity contribution in [2.75, 3.05) is 51.2 Å². The van der Waals surface area contributed by atoms with Crippen molar-refractivity contribution in [3.63, 3.8) is 0 Å². The van der Waals surface area contributed by atoms with Gasteiger partial charge >= 0.3 is 6.03 Å². The number of hydrogen-bond donors (Lipinski definition) is 2. The minimum Gasteiger partial charge on any atom is -0.490 e. The summed E-state index contributed by atoms with van der Waals surface area (Å²) < 4.78 is 39.7. The molecule has 11 heteroatoms. The number of ether oxygens (including phenoxy) is 3. The average Bonchev–Trinajstić information content (AvgIpc) is 3.20. The van der Waals surface area contributed by atoms with Crippen LogP contribution >= 0.6 is 0 Å². The van der Waals surface area contributed by atoms with E-state index in [9.17, 15) is 13.8 Å². The third-order valence-corrected chi connectivity index (χ3v) is 14.9. The van der Waals surface area contributed by atoms with E-state index in [-0.39, 0.29) is 34.1 Å². The van der Waals surface area contributed by atoms with Gasteiger partial charge in [-0.2, -0.15) is 0 Å². The molecule has 2 heterocycles. The standard InChI is InChI=1S/C41H54N4O6S/c1-27-10-14-33-29(17-27)8-6-16-40(33)24-45-19-31-11-13-32(31)35(50-4)9-5-7-28(2)20-52(48,43-37(46)30-12-15-36(51-26-40)34(45)18-30)44-38(47)42-41-21-39(22-41,23-41)25-49-3/h5,9-10,12,14-15,17-18,28,31-32,35H,6-8,11,13,16,19-26H2,1-4H3,(H2,42,43,44,46,47,48)/b9-5+/t28-,31-,32+,35-,39?,40-,41?,52?/m0/s1. The summed E-state index contributed by atoms with van der Waals surface area (Å²) in [5.41, 5.74) is 4.87. The van der Waals surface area contributed by atoms with Crippen LogP contribution in [0.2, 0.25) is 0 Å². The summed E-state index contributed by atoms with van der Waals surface area (Å²) in [6.07, 6.45) is 12.7. The van der Waals surface area contributed by atoms with Crippen molar-refractivity contribution >= 4 is 27.5 Å². The minimum absolute atomic E-state index is 0.0332. The first kappa shape index (κ1) is 35.6. The Balaban J connectivity index is 1.14. The van der Waals surface area contributed by atoms with Crippen LogP contribution in [0.1, 0.15) is 85.3 Å². The molecule has 0 saturated heterocycles. The van der Waals surface area contributed by atoms with Crippen LogP contribution in [0.5, 0.6) is 5.75 Å². The second-order valence-corrected chi connectivity index (χ2v) is 19.1. The van der Waals surface area contributed by atoms with E-state index in [1.807, 2.05) is 19.1 Å². The quantitative estimate of drug-likeness (QED) is 0.338. The van der Waals surface area contributed by atoms with Crippen LogP contribution in [0.4, 0.5) is 10.5 Å². The van der Waals surface area contributed by atoms with Crippen LogP contribution in [0.3, 0.4) is 0 Å². The van der Waals surface area contributed by atoms with Gasteiger partial charge in [0.1, 0.15) is 15.7 Å². The number of fused-ring (bicyclic) bond motifs is 4. The molecule has 1 spiro atoms. The summed E-state index contributed by atoms with van der Waals surface area (Å²) in [5, 5.41) is 3.06. The molecular weight excluding hydrogens is 677 g/mol. The molecule has 9 rings (SSSR count). The fourth-order valence-corrected chi connectivity index (χ4v) is 12.4. The Hall–Kier alpha value is -3.41. The number of nitrogens with one attached hydrogen (secondary N) is 2. The number of methoxy groups -OCH3 is 2. The fourth-order valence-electron chi connectivity index (χ4n) is 10.5. The Morgan fingerprint density at radius 3 is 2.71 bits per heavy atom. The molecule has 2 N–H and O–H groups in total. The highest BCUT2D eigenvalue weighted by Crippen LogP contribution is 2.67. The molecule has 4 fully saturated rings. The van der Waals surface area contributed by atoms with Gasteiger partial charge in [-0.3, -0.25) is 9.52 Å². The van der Waals surface area contributed by atoms with Gasteiger partial charge in [-0.1, -0.05) is 42.8 Å². The van der Waals surface area contributed by atoms with E-state index in [1.165, 1.54) is 16.7 Å². The van der Waals surface area contributed by atoms with Gasteiger partial charge in [0, 0.05) is 49.2 Å². The Morgan fingerprint density at radius 2 is 1.96 bits per heavy atom. The molecule has 1 unspecified atom stereocenters. The summed E-state index contributed by atoms with van der Waals surface area (Å²) in [6, 6.07) is 11.8. The molecule has 4 saturated carbocycles. The van der Waals surface area contributed by atoms with E-state index in [1.54, 1.807) is 20.3 Å². The van der Waals surface area contributed by atoms with E-state index in [4.69, 9.17) is 14.2 Å². The predicted molar refractivity (Wildman–Crippen MR) is 202 cm³/mol. The van der Waals surface area contributed by atoms with Gasteiger partial charge in [-0.05, 0) is 112 Å². The number of urea groups is 1. The topological polar surface area (TPSA) is 119 Å². The molecule has 280 valence electrons. The molecule has 2 aromatic carbocycles. The van der Waals surface area contributed by atoms with Crippen molar-refractivity contribution in [1.29, 1.82) is 0 Å². The third kappa shape index (κ3) is 6.55. The molecule has 3 amide bonds. The lowest BCUT2D eigenvalue weighted by Gasteiger charge is -2.70. The van der Waals surface area contributed by atoms with Crippen LogP contribution in [0, 0.1) is 30.1 Å². The molecular formula is C41H54N4O6S. The van der Waals surface area contributed by atoms with Crippen LogP contribution in [0.25, 0.3) is 0 Å². The lowest BCUT2D eigenvalue weighted by Crippen LogP contribution is -2.76. The van der Waals surface area contributed by atoms with Crippen molar-refractivity contribution in [2.24, 2.45) is 27.5 Å². The first-order chi connectivity index (χ1) is 24.9. The molecule has 2 aliphatic heterocycles. The zero-order valence-electron chi connectivity index (χ0n) is 31.1. The Morgan fingerprint density at radius 1 is 1.13 bits per heavy atom. The van der Waals surface area contributed by atoms with Gasteiger partial charge < -0.3 is 24.4 Å². The number of aryl methyl sites for hydroxylation is 2. The Labute approximate surface area is 308 Å². The molecule has 0 radical (unpaired) electrons. The second-order valence-electron chi connectivity index (χ2n) is 17.1. The highest BCUT2D eigenvalue weighted by Gasteiger charge is 2.68. The highest BCUT2D eigenvalue weighted by atomic mass is 32.2. The molecule has 10 nitrogen and oxygen atoms in total. The molecule has 0 aromatic heterocycles. The lowest BCUT2D eigenvalue weighted by molar-refractivity contribution is -0.177. The summed E-state index contributed by atoms with van der Waals surface area (Å²) in [5.74, 6) is 0.846. The maximum absolute atomic E-state index is 14.6. The maximum Gasteiger partial charge on any atom is 0.327 e. The monoisotopic (exact) mass is 730 g/mol. The number of carbonyl (C=O) groups is 2. The molecule has 4 bridgehead atoms. The number of rotatable bonds is 5. The van der Waals surface area contributed by atoms with Crippen molar-refractivity contribution in [1.82, 2.24) is 10.0 Å². The van der Waals surface area contributed by atoms with E-state index < -0.39 is 21.9 Å². The van der Waals surface area contributed by atoms with Crippen molar-refractivity contribution in [2.45, 2.75) is 88.7 Å². The SMILES string of the molecule is COCC12CC(NC(=O)NS3(=O)=NC(=O)c4ccc5c(c4)N(C[C@@H]4CC[C@H]4[C@@H](OC)/C=C/C[C@H](C)C3)C[C@@]3(CCCc4cc(C)ccc43)CO5)(C1)C2. The van der Waals surface area contributed by atoms with E-state index in [0.717, 1.165) is 75.9 Å². The number of amides is 3. The van der Waals surface area contributed by atoms with Crippen LogP contribution in [-0.2, 0) is 31.2 Å². The maximum atomic E-state index is 14.6. The molecule has 6 atom stereocenters. The van der Waals surface area contributed by atoms with Gasteiger partial charge in [0.15, 0.2) is 0 Å². The number of hydrogen-bond acceptors (Lipinski definition) is 7. The zero-order valence-corrected chi connectivity index (χ0v) is 31.9. The number of carbonyl (C=O) groups excluding carboxylic acids is 2. The molecule has 5 aliphatic carbocycles. The van der Waals surface area contributed by atoms with E-state index in [2.05, 4.69) is 56.6 Å². The number of allylic oxidation sites excluding steroid dienone is 1. The lowest BCUT2D eigenvalue weighted by atomic mass is 9.39. The summed E-state index contributed by atoms with van der Waals surface area (Å²) >= 11 is 0. The highest BCUT2D eigenvalue weighted by molar-refractivity contribution is 7.92. The molecule has 7 aliphatic rings. The number of anilines is 1. The number of benzene rings is 2. The summed E-state index contributed by atoms with van der Waals surface area (Å²) in [7, 11) is 0.00463. The van der Waals surface area contributed by atoms with Crippen LogP contribution < -0.4 is 19.7 Å². The fraction of sp³-hybridized carbons (Fsp3) is 0.610. The van der Waals surface area contributed by atoms with E-state index in [0.29, 0.717) is 37.0 Å². The van der Waals surface area contributed by atoms with Gasteiger partial charge in [-0.15, -0.1) is 4.36 Å². The largest absolute Gasteiger partial charge is 0.490 e. The smallest absolute Gasteiger partial charge is 0.327 e. The summed E-state index contributed by atoms with van der Waals surface area (Å²) in [4.78, 5) is 29.9. The summed E-state index contributed by atoms with van der Waals surface area (Å²) in [6.45, 7) is 6.95. The first-order valence-corrected chi connectivity index (χ1v) is 20.8. The predicted octanol–water partition coefficient (Wildman–Crippen LogP) is 6.50. The van der Waals surface area contributed by atoms with Gasteiger partial charge in [-0.25, -0.2) is 9.00 Å². The Bertz CT molecular complexity index is 1880. The van der Waals surface area contributed by atoms with E-state index >= 15 is 0 Å². The van der Waals surface area contributed by atoms with Crippen molar-refractivity contribution in [3.8, 4) is 5.75 Å². The van der Waals surface area contributed by atoms with Gasteiger partial charge in [0.2, 0.25) is 0 Å². The van der Waals surface area contributed by atoms with Crippen LogP contribution in [-0.4, -0.2) is 74.1 Å². The Kier molecular flexibility index (Phi) is 9.22. The normalized spacial score (nSPS) is 37.0. The molecule has 52 heavy (non-hydrogen) atoms. The van der Waals surface area contributed by atoms with Crippen molar-refractivity contribution in [3.05, 3.63) is 70.8 Å².